The van der Waals surface area contributed by atoms with Crippen molar-refractivity contribution in [2.75, 3.05) is 28.4 Å². The number of carbonyl (C=O) groups is 12. The lowest BCUT2D eigenvalue weighted by Crippen LogP contribution is -2.22. The molecule has 1 aliphatic carbocycles. The van der Waals surface area contributed by atoms with Crippen molar-refractivity contribution in [1.82, 2.24) is 0 Å². The number of benzene rings is 8. The molecule has 0 radical (unpaired) electrons. The average molecular weight is 1480 g/mol. The predicted octanol–water partition coefficient (Wildman–Crippen LogP) is 11.9. The van der Waals surface area contributed by atoms with Gasteiger partial charge in [-0.3, -0.25) is 57.5 Å². The summed E-state index contributed by atoms with van der Waals surface area (Å²) in [5.41, 5.74) is -2.30. The number of rotatable bonds is 20. The third-order valence-electron chi connectivity index (χ3n) is 16.2. The lowest BCUT2D eigenvalue weighted by atomic mass is 9.74. The van der Waals surface area contributed by atoms with Crippen molar-refractivity contribution in [3.8, 4) is 92.0 Å². The summed E-state index contributed by atoms with van der Waals surface area (Å²) in [5, 5.41) is 0. The van der Waals surface area contributed by atoms with Crippen LogP contribution in [0.15, 0.2) is 121 Å². The molecule has 28 heteroatoms. The number of carbonyl (C=O) groups excluding carboxylic acids is 12. The Balaban J connectivity index is 1.84. The van der Waals surface area contributed by atoms with Crippen molar-refractivity contribution in [3.63, 3.8) is 0 Å². The molecule has 0 amide bonds. The van der Waals surface area contributed by atoms with Gasteiger partial charge in [-0.15, -0.1) is 0 Å². The Morgan fingerprint density at radius 2 is 0.296 bits per heavy atom. The minimum Gasteiger partial charge on any atom is -0.497 e. The summed E-state index contributed by atoms with van der Waals surface area (Å²) in [4.78, 5) is 171. The molecule has 0 spiro atoms. The van der Waals surface area contributed by atoms with E-state index in [2.05, 4.69) is 0 Å². The van der Waals surface area contributed by atoms with E-state index in [0.29, 0.717) is 0 Å². The van der Waals surface area contributed by atoms with Crippen LogP contribution >= 0.6 is 0 Å². The van der Waals surface area contributed by atoms with Gasteiger partial charge in [0, 0.05) is 151 Å². The summed E-state index contributed by atoms with van der Waals surface area (Å²) in [6, 6.07) is 29.3. The second-order valence-corrected chi connectivity index (χ2v) is 24.1. The fourth-order valence-corrected chi connectivity index (χ4v) is 12.6. The zero-order chi connectivity index (χ0) is 78.9. The number of hydrogen-bond donors (Lipinski definition) is 0. The van der Waals surface area contributed by atoms with Crippen molar-refractivity contribution >= 4 is 71.6 Å². The van der Waals surface area contributed by atoms with Crippen molar-refractivity contribution in [2.45, 2.75) is 107 Å². The van der Waals surface area contributed by atoms with Crippen LogP contribution in [-0.2, 0) is 57.5 Å². The lowest BCUT2D eigenvalue weighted by Gasteiger charge is -2.33. The quantitative estimate of drug-likeness (QED) is 0.0505. The summed E-state index contributed by atoms with van der Waals surface area (Å²) in [7, 11) is 5.48. The smallest absolute Gasteiger partial charge is 0.308 e. The molecule has 0 fully saturated rings. The SMILES string of the molecule is COc1ccc(C2c3cc(c(OC(C)=O)c(OC(C)=O)c3OC(C)=O)C(c3ccc(OC)cc3)c3cc(c(OC(C)=O)c(OC(C)=O)c3OC(C)=O)C(c3ccc(OC)cc3)c3cc(c(OC(C)=O)c(OC(C)=O)c3OC(C)=O)C(c3ccc(OC)cc3)c3cc2c(OC(C)=O)c(OC(C)=O)c3OC(C)=O)cc1. The topological polar surface area (TPSA) is 353 Å². The van der Waals surface area contributed by atoms with Crippen LogP contribution in [0.5, 0.6) is 92.0 Å². The largest absolute Gasteiger partial charge is 0.497 e. The Hall–Kier alpha value is -13.4. The molecule has 0 atom stereocenters. The first kappa shape index (κ1) is 78.7. The maximum atomic E-state index is 14.3. The molecule has 0 saturated heterocycles. The molecule has 0 heterocycles. The van der Waals surface area contributed by atoms with Crippen molar-refractivity contribution in [2.24, 2.45) is 0 Å². The molecule has 28 nitrogen and oxygen atoms in total. The summed E-state index contributed by atoms with van der Waals surface area (Å²) in [6.07, 6.45) is 0. The molecular formula is C80H72O28. The Labute approximate surface area is 617 Å². The van der Waals surface area contributed by atoms with Crippen LogP contribution in [0, 0.1) is 0 Å². The van der Waals surface area contributed by atoms with E-state index in [0.717, 1.165) is 83.1 Å². The van der Waals surface area contributed by atoms with E-state index in [9.17, 15) is 57.5 Å². The van der Waals surface area contributed by atoms with E-state index >= 15 is 0 Å². The second-order valence-electron chi connectivity index (χ2n) is 24.1. The van der Waals surface area contributed by atoms with Crippen LogP contribution in [0.25, 0.3) is 0 Å². The van der Waals surface area contributed by atoms with Gasteiger partial charge in [-0.25, -0.2) is 0 Å². The average Bonchev–Trinajstić information content (AvgIpc) is 0.719. The van der Waals surface area contributed by atoms with E-state index in [-0.39, 0.29) is 89.8 Å². The molecule has 0 aromatic heterocycles. The molecule has 9 rings (SSSR count). The number of ether oxygens (including phenoxy) is 16. The fourth-order valence-electron chi connectivity index (χ4n) is 12.6. The van der Waals surface area contributed by atoms with Crippen LogP contribution in [0.1, 0.15) is 174 Å². The van der Waals surface area contributed by atoms with Gasteiger partial charge in [0.15, 0.2) is 46.0 Å². The number of methoxy groups -OCH3 is 4. The van der Waals surface area contributed by atoms with Gasteiger partial charge in [0.25, 0.3) is 0 Å². The Morgan fingerprint density at radius 1 is 0.185 bits per heavy atom. The van der Waals surface area contributed by atoms with Gasteiger partial charge in [-0.2, -0.15) is 0 Å². The highest BCUT2D eigenvalue weighted by Gasteiger charge is 2.45. The summed E-state index contributed by atoms with van der Waals surface area (Å²) >= 11 is 0. The normalized spacial score (nSPS) is 14.0. The Morgan fingerprint density at radius 3 is 0.398 bits per heavy atom. The van der Waals surface area contributed by atoms with Gasteiger partial charge in [-0.05, 0) is 95.1 Å². The highest BCUT2D eigenvalue weighted by atomic mass is 16.6. The fraction of sp³-hybridized carbons (Fsp3) is 0.250. The van der Waals surface area contributed by atoms with E-state index in [1.165, 1.54) is 150 Å². The molecule has 8 bridgehead atoms. The lowest BCUT2D eigenvalue weighted by molar-refractivity contribution is -0.135. The van der Waals surface area contributed by atoms with Gasteiger partial charge in [0.05, 0.1) is 28.4 Å². The Bertz CT molecular complexity index is 4160. The standard InChI is InChI=1S/C80H72O28/c1-37(81)97-69-57-33-58(70(98-38(2)82)77(69)105-45(9)89)66(50-19-27-54(94-14)28-20-50)61-35-62(74(102-42(6)86)79(107-47(11)91)73(61)101-41(5)85)68(52-23-31-56(96-16)32-24-52)64-36-63(75(103-43(7)87)80(108-48(12)92)76(64)104-44(8)88)67(51-21-29-55(95-15)30-22-51)60-34-59(65(57)49-17-25-53(93-13)26-18-49)71(99-39(3)83)78(106-46(10)90)72(60)100-40(4)84/h17-36,65-68H,1-16H3. The van der Waals surface area contributed by atoms with E-state index in [1.807, 2.05) is 0 Å². The molecule has 0 aliphatic heterocycles. The molecule has 108 heavy (non-hydrogen) atoms. The van der Waals surface area contributed by atoms with Gasteiger partial charge in [0.2, 0.25) is 23.0 Å². The minimum atomic E-state index is -1.81. The third kappa shape index (κ3) is 17.5. The van der Waals surface area contributed by atoms with Crippen LogP contribution in [0.3, 0.4) is 0 Å². The van der Waals surface area contributed by atoms with Crippen LogP contribution in [0.2, 0.25) is 0 Å². The monoisotopic (exact) mass is 1480 g/mol. The van der Waals surface area contributed by atoms with E-state index in [1.54, 1.807) is 0 Å². The zero-order valence-corrected chi connectivity index (χ0v) is 61.3. The summed E-state index contributed by atoms with van der Waals surface area (Å²) in [5.74, 6) is -28.8. The molecule has 560 valence electrons. The van der Waals surface area contributed by atoms with Gasteiger partial charge >= 0.3 is 71.6 Å². The minimum absolute atomic E-state index is 0.0829. The van der Waals surface area contributed by atoms with Crippen LogP contribution < -0.4 is 75.8 Å². The summed E-state index contributed by atoms with van der Waals surface area (Å²) in [6.45, 7) is 11.7. The number of fused-ring (bicyclic) bond motifs is 8. The van der Waals surface area contributed by atoms with Crippen molar-refractivity contribution < 1.29 is 133 Å². The first-order chi connectivity index (χ1) is 51.2. The number of esters is 12. The first-order valence-corrected chi connectivity index (χ1v) is 32.9. The molecule has 0 N–H and O–H groups in total. The molecular weight excluding hydrogens is 1410 g/mol. The number of hydrogen-bond acceptors (Lipinski definition) is 28. The van der Waals surface area contributed by atoms with Gasteiger partial charge in [0.1, 0.15) is 23.0 Å². The Kier molecular flexibility index (Phi) is 24.5. The maximum absolute atomic E-state index is 14.3. The third-order valence-corrected chi connectivity index (χ3v) is 16.2. The highest BCUT2D eigenvalue weighted by Crippen LogP contribution is 2.62. The van der Waals surface area contributed by atoms with Crippen molar-refractivity contribution in [3.05, 3.63) is 188 Å². The highest BCUT2D eigenvalue weighted by molar-refractivity contribution is 5.88. The molecule has 1 aliphatic rings. The summed E-state index contributed by atoms with van der Waals surface area (Å²) < 4.78 is 97.7. The molecule has 0 unspecified atom stereocenters. The van der Waals surface area contributed by atoms with Gasteiger partial charge < -0.3 is 75.8 Å². The molecule has 8 aromatic rings. The zero-order valence-electron chi connectivity index (χ0n) is 61.3. The maximum Gasteiger partial charge on any atom is 0.308 e. The van der Waals surface area contributed by atoms with Crippen LogP contribution in [0.4, 0.5) is 0 Å². The first-order valence-electron chi connectivity index (χ1n) is 32.9. The van der Waals surface area contributed by atoms with Crippen LogP contribution in [-0.4, -0.2) is 100 Å². The van der Waals surface area contributed by atoms with Crippen molar-refractivity contribution in [1.29, 1.82) is 0 Å². The second kappa shape index (κ2) is 33.6. The van der Waals surface area contributed by atoms with Gasteiger partial charge in [-0.1, -0.05) is 48.5 Å². The van der Waals surface area contributed by atoms with E-state index < -0.39 is 164 Å². The molecule has 8 aromatic carbocycles. The van der Waals surface area contributed by atoms with E-state index in [4.69, 9.17) is 75.8 Å². The predicted molar refractivity (Wildman–Crippen MR) is 377 cm³/mol. The molecule has 0 saturated carbocycles.